The maximum Gasteiger partial charge on any atom is 0.248 e. The van der Waals surface area contributed by atoms with Gasteiger partial charge in [-0.1, -0.05) is 12.1 Å². The lowest BCUT2D eigenvalue weighted by Gasteiger charge is -2.10. The van der Waals surface area contributed by atoms with E-state index in [0.717, 1.165) is 15.8 Å². The number of amides is 1. The maximum absolute atomic E-state index is 11.1. The summed E-state index contributed by atoms with van der Waals surface area (Å²) in [6.45, 7) is 0.353. The van der Waals surface area contributed by atoms with Crippen LogP contribution in [-0.2, 0) is 6.61 Å². The van der Waals surface area contributed by atoms with Crippen molar-refractivity contribution in [3.05, 3.63) is 58.1 Å². The molecule has 2 N–H and O–H groups in total. The molecule has 0 saturated heterocycles. The van der Waals surface area contributed by atoms with E-state index in [4.69, 9.17) is 15.2 Å². The Hall–Kier alpha value is -2.01. The average Bonchev–Trinajstić information content (AvgIpc) is 2.46. The number of rotatable bonds is 5. The Morgan fingerprint density at radius 1 is 1.25 bits per heavy atom. The SMILES string of the molecule is COc1ccc(OCc2cccc(C(N)=O)c2)c(Br)c1. The van der Waals surface area contributed by atoms with Gasteiger partial charge in [0.15, 0.2) is 0 Å². The first kappa shape index (κ1) is 14.4. The molecule has 0 spiro atoms. The summed E-state index contributed by atoms with van der Waals surface area (Å²) >= 11 is 3.42. The molecule has 4 nitrogen and oxygen atoms in total. The third kappa shape index (κ3) is 3.51. The second-order valence-corrected chi connectivity index (χ2v) is 5.00. The molecule has 0 fully saturated rings. The highest BCUT2D eigenvalue weighted by Gasteiger charge is 2.05. The predicted molar refractivity (Wildman–Crippen MR) is 80.0 cm³/mol. The molecule has 1 amide bonds. The average molecular weight is 336 g/mol. The number of carbonyl (C=O) groups excluding carboxylic acids is 1. The van der Waals surface area contributed by atoms with E-state index in [1.54, 1.807) is 25.3 Å². The van der Waals surface area contributed by atoms with E-state index in [-0.39, 0.29) is 0 Å². The largest absolute Gasteiger partial charge is 0.497 e. The van der Waals surface area contributed by atoms with E-state index in [9.17, 15) is 4.79 Å². The molecule has 0 aliphatic rings. The van der Waals surface area contributed by atoms with E-state index in [2.05, 4.69) is 15.9 Å². The smallest absolute Gasteiger partial charge is 0.248 e. The summed E-state index contributed by atoms with van der Waals surface area (Å²) in [6, 6.07) is 12.5. The quantitative estimate of drug-likeness (QED) is 0.912. The van der Waals surface area contributed by atoms with E-state index < -0.39 is 5.91 Å². The zero-order valence-corrected chi connectivity index (χ0v) is 12.5. The van der Waals surface area contributed by atoms with Crippen LogP contribution < -0.4 is 15.2 Å². The number of nitrogens with two attached hydrogens (primary N) is 1. The summed E-state index contributed by atoms with van der Waals surface area (Å²) in [6.07, 6.45) is 0. The van der Waals surface area contributed by atoms with Crippen molar-refractivity contribution in [3.63, 3.8) is 0 Å². The summed E-state index contributed by atoms with van der Waals surface area (Å²) in [7, 11) is 1.61. The Morgan fingerprint density at radius 3 is 2.70 bits per heavy atom. The number of primary amides is 1. The van der Waals surface area contributed by atoms with Gasteiger partial charge in [0.2, 0.25) is 5.91 Å². The van der Waals surface area contributed by atoms with Crippen LogP contribution in [0.4, 0.5) is 0 Å². The Balaban J connectivity index is 2.09. The molecule has 0 heterocycles. The van der Waals surface area contributed by atoms with Gasteiger partial charge in [-0.25, -0.2) is 0 Å². The summed E-state index contributed by atoms with van der Waals surface area (Å²) in [5.41, 5.74) is 6.60. The first-order valence-electron chi connectivity index (χ1n) is 5.95. The molecular weight excluding hydrogens is 322 g/mol. The van der Waals surface area contributed by atoms with Crippen molar-refractivity contribution in [1.82, 2.24) is 0 Å². The van der Waals surface area contributed by atoms with Crippen molar-refractivity contribution >= 4 is 21.8 Å². The Labute approximate surface area is 125 Å². The lowest BCUT2D eigenvalue weighted by Crippen LogP contribution is -2.11. The molecule has 2 aromatic carbocycles. The van der Waals surface area contributed by atoms with Crippen LogP contribution in [-0.4, -0.2) is 13.0 Å². The molecule has 0 unspecified atom stereocenters. The Morgan fingerprint density at radius 2 is 2.05 bits per heavy atom. The van der Waals surface area contributed by atoms with Gasteiger partial charge in [0.1, 0.15) is 18.1 Å². The number of halogens is 1. The minimum absolute atomic E-state index is 0.353. The van der Waals surface area contributed by atoms with Crippen LogP contribution in [0.15, 0.2) is 46.9 Å². The molecule has 104 valence electrons. The Kier molecular flexibility index (Phi) is 4.63. The molecule has 2 aromatic rings. The third-order valence-electron chi connectivity index (χ3n) is 2.74. The number of benzene rings is 2. The predicted octanol–water partition coefficient (Wildman–Crippen LogP) is 3.14. The van der Waals surface area contributed by atoms with Crippen molar-refractivity contribution in [3.8, 4) is 11.5 Å². The molecule has 2 rings (SSSR count). The number of hydrogen-bond donors (Lipinski definition) is 1. The minimum atomic E-state index is -0.447. The molecule has 5 heteroatoms. The highest BCUT2D eigenvalue weighted by Crippen LogP contribution is 2.29. The van der Waals surface area contributed by atoms with Crippen LogP contribution in [0.25, 0.3) is 0 Å². The molecule has 0 bridgehead atoms. The molecule has 0 aromatic heterocycles. The zero-order valence-electron chi connectivity index (χ0n) is 10.9. The second kappa shape index (κ2) is 6.43. The van der Waals surface area contributed by atoms with Crippen LogP contribution in [0.5, 0.6) is 11.5 Å². The number of methoxy groups -OCH3 is 1. The standard InChI is InChI=1S/C15H14BrNO3/c1-19-12-5-6-14(13(16)8-12)20-9-10-3-2-4-11(7-10)15(17)18/h2-8H,9H2,1H3,(H2,17,18). The van der Waals surface area contributed by atoms with Crippen LogP contribution in [0.1, 0.15) is 15.9 Å². The number of carbonyl (C=O) groups is 1. The van der Waals surface area contributed by atoms with Crippen molar-refractivity contribution in [2.75, 3.05) is 7.11 Å². The van der Waals surface area contributed by atoms with Gasteiger partial charge in [-0.05, 0) is 51.8 Å². The summed E-state index contributed by atoms with van der Waals surface area (Å²) < 4.78 is 11.6. The summed E-state index contributed by atoms with van der Waals surface area (Å²) in [5, 5.41) is 0. The van der Waals surface area contributed by atoms with Gasteiger partial charge in [0.05, 0.1) is 11.6 Å². The summed E-state index contributed by atoms with van der Waals surface area (Å²) in [5.74, 6) is 1.01. The van der Waals surface area contributed by atoms with E-state index in [0.29, 0.717) is 17.9 Å². The third-order valence-corrected chi connectivity index (χ3v) is 3.36. The van der Waals surface area contributed by atoms with Crippen molar-refractivity contribution in [1.29, 1.82) is 0 Å². The molecule has 0 atom stereocenters. The lowest BCUT2D eigenvalue weighted by molar-refractivity contribution is 0.1000. The topological polar surface area (TPSA) is 61.6 Å². The van der Waals surface area contributed by atoms with Gasteiger partial charge >= 0.3 is 0 Å². The molecular formula is C15H14BrNO3. The van der Waals surface area contributed by atoms with E-state index >= 15 is 0 Å². The fourth-order valence-corrected chi connectivity index (χ4v) is 2.17. The van der Waals surface area contributed by atoms with Crippen LogP contribution >= 0.6 is 15.9 Å². The molecule has 0 aliphatic carbocycles. The maximum atomic E-state index is 11.1. The van der Waals surface area contributed by atoms with Gasteiger partial charge in [0.25, 0.3) is 0 Å². The van der Waals surface area contributed by atoms with E-state index in [1.165, 1.54) is 0 Å². The van der Waals surface area contributed by atoms with Crippen molar-refractivity contribution in [2.24, 2.45) is 5.73 Å². The fraction of sp³-hybridized carbons (Fsp3) is 0.133. The van der Waals surface area contributed by atoms with Crippen LogP contribution in [0.3, 0.4) is 0 Å². The van der Waals surface area contributed by atoms with Gasteiger partial charge in [-0.15, -0.1) is 0 Å². The minimum Gasteiger partial charge on any atom is -0.497 e. The fourth-order valence-electron chi connectivity index (χ4n) is 1.70. The molecule has 0 aliphatic heterocycles. The zero-order chi connectivity index (χ0) is 14.5. The van der Waals surface area contributed by atoms with E-state index in [1.807, 2.05) is 24.3 Å². The van der Waals surface area contributed by atoms with Crippen molar-refractivity contribution < 1.29 is 14.3 Å². The molecule has 0 radical (unpaired) electrons. The number of hydrogen-bond acceptors (Lipinski definition) is 3. The molecule has 20 heavy (non-hydrogen) atoms. The normalized spacial score (nSPS) is 10.1. The second-order valence-electron chi connectivity index (χ2n) is 4.15. The summed E-state index contributed by atoms with van der Waals surface area (Å²) in [4.78, 5) is 11.1. The van der Waals surface area contributed by atoms with Gasteiger partial charge < -0.3 is 15.2 Å². The highest BCUT2D eigenvalue weighted by atomic mass is 79.9. The van der Waals surface area contributed by atoms with Gasteiger partial charge in [-0.3, -0.25) is 4.79 Å². The Bertz CT molecular complexity index is 628. The highest BCUT2D eigenvalue weighted by molar-refractivity contribution is 9.10. The monoisotopic (exact) mass is 335 g/mol. The first-order chi connectivity index (χ1) is 9.60. The van der Waals surface area contributed by atoms with Crippen molar-refractivity contribution in [2.45, 2.75) is 6.61 Å². The molecule has 0 saturated carbocycles. The van der Waals surface area contributed by atoms with Gasteiger partial charge in [0, 0.05) is 5.56 Å². The number of ether oxygens (including phenoxy) is 2. The van der Waals surface area contributed by atoms with Gasteiger partial charge in [-0.2, -0.15) is 0 Å². The first-order valence-corrected chi connectivity index (χ1v) is 6.74. The lowest BCUT2D eigenvalue weighted by atomic mass is 10.1. The van der Waals surface area contributed by atoms with Crippen LogP contribution in [0.2, 0.25) is 0 Å². The van der Waals surface area contributed by atoms with Crippen LogP contribution in [0, 0.1) is 0 Å².